The Morgan fingerprint density at radius 1 is 0.286 bits per heavy atom. The van der Waals surface area contributed by atoms with Gasteiger partial charge in [0.05, 0.1) is 0 Å². The highest BCUT2D eigenvalue weighted by Gasteiger charge is 2.19. The van der Waals surface area contributed by atoms with Crippen LogP contribution in [-0.2, 0) is 28.6 Å². The fourth-order valence-corrected chi connectivity index (χ4v) is 7.26. The molecule has 6 heteroatoms. The highest BCUT2D eigenvalue weighted by atomic mass is 16.6. The zero-order valence-electron chi connectivity index (χ0n) is 45.0. The monoisotopic (exact) mass is 967 g/mol. The molecule has 0 spiro atoms. The minimum absolute atomic E-state index is 0.104. The van der Waals surface area contributed by atoms with Crippen LogP contribution in [-0.4, -0.2) is 37.2 Å². The number of carbonyl (C=O) groups is 3. The second-order valence-corrected chi connectivity index (χ2v) is 18.0. The van der Waals surface area contributed by atoms with Crippen LogP contribution in [0.1, 0.15) is 233 Å². The van der Waals surface area contributed by atoms with E-state index in [9.17, 15) is 14.4 Å². The summed E-state index contributed by atoms with van der Waals surface area (Å²) in [6.45, 7) is 6.25. The third-order valence-electron chi connectivity index (χ3n) is 11.4. The van der Waals surface area contributed by atoms with Crippen molar-refractivity contribution in [2.24, 2.45) is 0 Å². The first-order valence-corrected chi connectivity index (χ1v) is 28.2. The number of rotatable bonds is 49. The smallest absolute Gasteiger partial charge is 0.306 e. The molecule has 0 saturated carbocycles. The average Bonchev–Trinajstić information content (AvgIpc) is 3.36. The van der Waals surface area contributed by atoms with Crippen LogP contribution in [0.2, 0.25) is 0 Å². The van der Waals surface area contributed by atoms with Crippen molar-refractivity contribution in [1.29, 1.82) is 0 Å². The summed E-state index contributed by atoms with van der Waals surface area (Å²) in [6.07, 6.45) is 80.1. The van der Waals surface area contributed by atoms with Gasteiger partial charge in [0.2, 0.25) is 0 Å². The molecule has 0 aliphatic heterocycles. The Bertz CT molecular complexity index is 1530. The average molecular weight is 968 g/mol. The van der Waals surface area contributed by atoms with E-state index in [0.717, 1.165) is 167 Å². The minimum Gasteiger partial charge on any atom is -0.462 e. The minimum atomic E-state index is -0.807. The lowest BCUT2D eigenvalue weighted by atomic mass is 10.1. The largest absolute Gasteiger partial charge is 0.462 e. The zero-order valence-corrected chi connectivity index (χ0v) is 45.0. The van der Waals surface area contributed by atoms with Crippen molar-refractivity contribution in [3.8, 4) is 0 Å². The number of allylic oxidation sites excluding steroid dienone is 22. The lowest BCUT2D eigenvalue weighted by Crippen LogP contribution is -2.30. The molecule has 0 aromatic heterocycles. The van der Waals surface area contributed by atoms with E-state index in [2.05, 4.69) is 154 Å². The SMILES string of the molecule is CC/C=C\C/C=C\C/C=C\C/C=C\CCCCCCCCC(=O)OCC(COC(=O)CCCCCC/C=C\C/C=C\C/C=C\CC)OC(=O)CCCCCCCC/C=C\C/C=C\C/C=C\C/C=C\CC. The van der Waals surface area contributed by atoms with Crippen LogP contribution in [0.15, 0.2) is 134 Å². The quantitative estimate of drug-likeness (QED) is 0.0262. The Morgan fingerprint density at radius 2 is 0.514 bits per heavy atom. The van der Waals surface area contributed by atoms with Crippen molar-refractivity contribution in [2.75, 3.05) is 13.2 Å². The van der Waals surface area contributed by atoms with Gasteiger partial charge >= 0.3 is 17.9 Å². The van der Waals surface area contributed by atoms with Crippen molar-refractivity contribution in [3.05, 3.63) is 134 Å². The molecule has 0 rings (SSSR count). The molecule has 394 valence electrons. The van der Waals surface area contributed by atoms with E-state index in [1.807, 2.05) is 0 Å². The van der Waals surface area contributed by atoms with E-state index < -0.39 is 6.10 Å². The van der Waals surface area contributed by atoms with Crippen LogP contribution in [0.25, 0.3) is 0 Å². The molecule has 70 heavy (non-hydrogen) atoms. The van der Waals surface area contributed by atoms with Gasteiger partial charge in [-0.05, 0) is 128 Å². The summed E-state index contributed by atoms with van der Waals surface area (Å²) in [6, 6.07) is 0. The molecule has 1 atom stereocenters. The first-order chi connectivity index (χ1) is 34.5. The van der Waals surface area contributed by atoms with E-state index in [0.29, 0.717) is 19.3 Å². The molecule has 0 saturated heterocycles. The van der Waals surface area contributed by atoms with Gasteiger partial charge in [0.15, 0.2) is 6.10 Å². The molecular weight excluding hydrogens is 865 g/mol. The van der Waals surface area contributed by atoms with E-state index in [1.165, 1.54) is 25.7 Å². The van der Waals surface area contributed by atoms with E-state index in [-0.39, 0.29) is 31.1 Å². The first kappa shape index (κ1) is 65.5. The first-order valence-electron chi connectivity index (χ1n) is 28.2. The van der Waals surface area contributed by atoms with E-state index in [4.69, 9.17) is 14.2 Å². The van der Waals surface area contributed by atoms with Crippen LogP contribution in [0.5, 0.6) is 0 Å². The highest BCUT2D eigenvalue weighted by Crippen LogP contribution is 2.13. The van der Waals surface area contributed by atoms with Gasteiger partial charge in [-0.25, -0.2) is 0 Å². The maximum absolute atomic E-state index is 12.9. The zero-order chi connectivity index (χ0) is 50.7. The molecule has 0 fully saturated rings. The fourth-order valence-electron chi connectivity index (χ4n) is 7.26. The Hall–Kier alpha value is -4.45. The lowest BCUT2D eigenvalue weighted by Gasteiger charge is -2.18. The maximum Gasteiger partial charge on any atom is 0.306 e. The van der Waals surface area contributed by atoms with Gasteiger partial charge in [0.25, 0.3) is 0 Å². The summed E-state index contributed by atoms with van der Waals surface area (Å²) in [5.74, 6) is -0.958. The van der Waals surface area contributed by atoms with E-state index in [1.54, 1.807) is 0 Å². The molecule has 0 radical (unpaired) electrons. The van der Waals surface area contributed by atoms with Crippen molar-refractivity contribution < 1.29 is 28.6 Å². The summed E-state index contributed by atoms with van der Waals surface area (Å²) < 4.78 is 16.8. The maximum atomic E-state index is 12.9. The number of hydrogen-bond donors (Lipinski definition) is 0. The summed E-state index contributed by atoms with van der Waals surface area (Å²) >= 11 is 0. The summed E-state index contributed by atoms with van der Waals surface area (Å²) in [5, 5.41) is 0. The van der Waals surface area contributed by atoms with Gasteiger partial charge in [-0.3, -0.25) is 14.4 Å². The van der Waals surface area contributed by atoms with Gasteiger partial charge in [0, 0.05) is 19.3 Å². The van der Waals surface area contributed by atoms with E-state index >= 15 is 0 Å². The van der Waals surface area contributed by atoms with Crippen LogP contribution < -0.4 is 0 Å². The lowest BCUT2D eigenvalue weighted by molar-refractivity contribution is -0.167. The number of carbonyl (C=O) groups excluding carboxylic acids is 3. The fraction of sp³-hybridized carbons (Fsp3) is 0.609. The standard InChI is InChI=1S/C64H102O6/c1-4-7-10-13-16-19-22-25-28-30-32-34-36-39-42-45-48-51-54-57-63(66)69-60-61(59-68-62(65)56-53-50-47-44-41-38-27-24-21-18-15-12-9-6-3)70-64(67)58-55-52-49-46-43-40-37-35-33-31-29-26-23-20-17-14-11-8-5-2/h7-12,16-21,25-29,32-35,38,61H,4-6,13-15,22-24,30-31,36-37,39-60H2,1-3H3/b10-7-,11-8-,12-9-,19-16-,20-17-,21-18-,28-25-,29-26-,34-32-,35-33-,38-27-. The Labute approximate surface area is 430 Å². The van der Waals surface area contributed by atoms with Gasteiger partial charge < -0.3 is 14.2 Å². The van der Waals surface area contributed by atoms with Crippen LogP contribution >= 0.6 is 0 Å². The third-order valence-corrected chi connectivity index (χ3v) is 11.4. The predicted molar refractivity (Wildman–Crippen MR) is 302 cm³/mol. The molecule has 0 aliphatic carbocycles. The van der Waals surface area contributed by atoms with Crippen molar-refractivity contribution in [2.45, 2.75) is 239 Å². The molecule has 0 amide bonds. The Morgan fingerprint density at radius 3 is 0.800 bits per heavy atom. The molecule has 0 heterocycles. The molecule has 0 aliphatic rings. The summed E-state index contributed by atoms with van der Waals surface area (Å²) in [4.78, 5) is 38.2. The number of unbranched alkanes of at least 4 members (excludes halogenated alkanes) is 16. The Kier molecular flexibility index (Phi) is 53.5. The van der Waals surface area contributed by atoms with Crippen molar-refractivity contribution >= 4 is 17.9 Å². The highest BCUT2D eigenvalue weighted by molar-refractivity contribution is 5.71. The molecule has 1 unspecified atom stereocenters. The predicted octanol–water partition coefficient (Wildman–Crippen LogP) is 19.0. The second kappa shape index (κ2) is 57.1. The molecule has 0 aromatic rings. The summed E-state index contributed by atoms with van der Waals surface area (Å²) in [5.41, 5.74) is 0. The van der Waals surface area contributed by atoms with Crippen molar-refractivity contribution in [1.82, 2.24) is 0 Å². The third kappa shape index (κ3) is 54.5. The van der Waals surface area contributed by atoms with Crippen molar-refractivity contribution in [3.63, 3.8) is 0 Å². The van der Waals surface area contributed by atoms with Gasteiger partial charge in [-0.2, -0.15) is 0 Å². The molecule has 6 nitrogen and oxygen atoms in total. The van der Waals surface area contributed by atoms with Crippen LogP contribution in [0.4, 0.5) is 0 Å². The van der Waals surface area contributed by atoms with Gasteiger partial charge in [-0.1, -0.05) is 219 Å². The second-order valence-electron chi connectivity index (χ2n) is 18.0. The summed E-state index contributed by atoms with van der Waals surface area (Å²) in [7, 11) is 0. The normalized spacial score (nSPS) is 13.1. The molecule has 0 N–H and O–H groups in total. The van der Waals surface area contributed by atoms with Gasteiger partial charge in [-0.15, -0.1) is 0 Å². The topological polar surface area (TPSA) is 78.9 Å². The van der Waals surface area contributed by atoms with Gasteiger partial charge in [0.1, 0.15) is 13.2 Å². The molecular formula is C64H102O6. The molecule has 0 bridgehead atoms. The molecule has 0 aromatic carbocycles. The number of ether oxygens (including phenoxy) is 3. The van der Waals surface area contributed by atoms with Crippen LogP contribution in [0.3, 0.4) is 0 Å². The van der Waals surface area contributed by atoms with Crippen LogP contribution in [0, 0.1) is 0 Å². The number of hydrogen-bond acceptors (Lipinski definition) is 6. The Balaban J connectivity index is 4.49. The number of esters is 3.